The summed E-state index contributed by atoms with van der Waals surface area (Å²) >= 11 is 0. The van der Waals surface area contributed by atoms with Gasteiger partial charge in [0.15, 0.2) is 6.29 Å². The molecule has 0 heterocycles. The first-order valence-electron chi connectivity index (χ1n) is 17.2. The van der Waals surface area contributed by atoms with Crippen LogP contribution in [0.15, 0.2) is 30.3 Å². The fourth-order valence-corrected chi connectivity index (χ4v) is 4.33. The molecule has 1 atom stereocenters. The molecule has 0 bridgehead atoms. The molecule has 0 saturated heterocycles. The number of aliphatic hydroxyl groups excluding tert-OH is 1. The van der Waals surface area contributed by atoms with Gasteiger partial charge in [0, 0.05) is 6.42 Å². The van der Waals surface area contributed by atoms with E-state index in [-0.39, 0.29) is 84.3 Å². The molecule has 1 rings (SSSR count). The van der Waals surface area contributed by atoms with Gasteiger partial charge >= 0.3 is 17.9 Å². The highest BCUT2D eigenvalue weighted by molar-refractivity contribution is 5.77. The molecule has 0 aliphatic rings. The molecule has 1 aromatic carbocycles. The van der Waals surface area contributed by atoms with Gasteiger partial charge in [0.05, 0.1) is 65.5 Å². The number of benzene rings is 1. The van der Waals surface area contributed by atoms with Crippen LogP contribution in [-0.2, 0) is 58.9 Å². The van der Waals surface area contributed by atoms with Gasteiger partial charge in [-0.3, -0.25) is 19.2 Å². The third-order valence-corrected chi connectivity index (χ3v) is 6.29. The lowest BCUT2D eigenvalue weighted by atomic mass is 10.0. The number of ether oxygens (including phenoxy) is 7. The SMILES string of the molecule is CC(C)(C)OC(=O)CCOCC(COCCC(=O)OC(C)(C)C)(COCCC(=O)OC(C)(C)C)NC(=O)CCCC(O)OCc1ccccc1. The van der Waals surface area contributed by atoms with E-state index in [2.05, 4.69) is 5.32 Å². The molecule has 2 N–H and O–H groups in total. The van der Waals surface area contributed by atoms with Crippen molar-refractivity contribution >= 4 is 23.8 Å². The van der Waals surface area contributed by atoms with Crippen molar-refractivity contribution in [3.63, 3.8) is 0 Å². The maximum Gasteiger partial charge on any atom is 0.308 e. The van der Waals surface area contributed by atoms with E-state index in [0.29, 0.717) is 6.42 Å². The van der Waals surface area contributed by atoms with Crippen molar-refractivity contribution in [1.82, 2.24) is 5.32 Å². The summed E-state index contributed by atoms with van der Waals surface area (Å²) in [5.41, 5.74) is -2.31. The quantitative estimate of drug-likeness (QED) is 0.0691. The van der Waals surface area contributed by atoms with Gasteiger partial charge in [-0.2, -0.15) is 0 Å². The summed E-state index contributed by atoms with van der Waals surface area (Å²) in [6.07, 6.45) is -0.559. The maximum absolute atomic E-state index is 13.3. The number of carbonyl (C=O) groups excluding carboxylic acids is 4. The highest BCUT2D eigenvalue weighted by Crippen LogP contribution is 2.15. The third-order valence-electron chi connectivity index (χ3n) is 6.29. The fourth-order valence-electron chi connectivity index (χ4n) is 4.33. The molecule has 13 heteroatoms. The zero-order valence-electron chi connectivity index (χ0n) is 31.6. The second-order valence-electron chi connectivity index (χ2n) is 15.1. The van der Waals surface area contributed by atoms with Crippen molar-refractivity contribution in [2.45, 2.75) is 136 Å². The van der Waals surface area contributed by atoms with E-state index in [1.807, 2.05) is 30.3 Å². The van der Waals surface area contributed by atoms with Gasteiger partial charge in [-0.15, -0.1) is 0 Å². The van der Waals surface area contributed by atoms with Crippen LogP contribution in [-0.4, -0.2) is 97.2 Å². The van der Waals surface area contributed by atoms with Crippen LogP contribution >= 0.6 is 0 Å². The van der Waals surface area contributed by atoms with Crippen LogP contribution < -0.4 is 5.32 Å². The minimum absolute atomic E-state index is 0.00665. The van der Waals surface area contributed by atoms with E-state index >= 15 is 0 Å². The summed E-state index contributed by atoms with van der Waals surface area (Å²) < 4.78 is 39.2. The Bertz CT molecular complexity index is 1060. The van der Waals surface area contributed by atoms with Crippen LogP contribution in [0.25, 0.3) is 0 Å². The predicted octanol–water partition coefficient (Wildman–Crippen LogP) is 4.79. The summed E-state index contributed by atoms with van der Waals surface area (Å²) in [6, 6.07) is 9.43. The van der Waals surface area contributed by atoms with Gasteiger partial charge in [-0.25, -0.2) is 0 Å². The van der Waals surface area contributed by atoms with Gasteiger partial charge in [-0.1, -0.05) is 30.3 Å². The number of hydrogen-bond acceptors (Lipinski definition) is 12. The lowest BCUT2D eigenvalue weighted by Crippen LogP contribution is -2.58. The first-order chi connectivity index (χ1) is 23.2. The van der Waals surface area contributed by atoms with Gasteiger partial charge in [-0.05, 0) is 80.7 Å². The minimum Gasteiger partial charge on any atom is -0.460 e. The second-order valence-corrected chi connectivity index (χ2v) is 15.1. The molecule has 0 fully saturated rings. The number of rotatable bonds is 23. The van der Waals surface area contributed by atoms with Crippen LogP contribution in [0, 0.1) is 0 Å². The molecule has 0 radical (unpaired) electrons. The van der Waals surface area contributed by atoms with Crippen molar-refractivity contribution in [2.75, 3.05) is 39.6 Å². The summed E-state index contributed by atoms with van der Waals surface area (Å²) in [5.74, 6) is -1.70. The molecule has 1 aromatic rings. The Morgan fingerprint density at radius 3 is 1.42 bits per heavy atom. The normalized spacial score (nSPS) is 13.0. The highest BCUT2D eigenvalue weighted by atomic mass is 16.6. The van der Waals surface area contributed by atoms with Gasteiger partial charge in [0.25, 0.3) is 0 Å². The van der Waals surface area contributed by atoms with Crippen LogP contribution in [0.5, 0.6) is 0 Å². The average molecular weight is 712 g/mol. The van der Waals surface area contributed by atoms with E-state index in [9.17, 15) is 24.3 Å². The van der Waals surface area contributed by atoms with Gasteiger partial charge in [0.1, 0.15) is 22.3 Å². The zero-order chi connectivity index (χ0) is 37.8. The van der Waals surface area contributed by atoms with Crippen molar-refractivity contribution < 1.29 is 57.4 Å². The maximum atomic E-state index is 13.3. The Morgan fingerprint density at radius 2 is 1.04 bits per heavy atom. The van der Waals surface area contributed by atoms with Crippen LogP contribution in [0.3, 0.4) is 0 Å². The van der Waals surface area contributed by atoms with Crippen LogP contribution in [0.2, 0.25) is 0 Å². The minimum atomic E-state index is -1.27. The number of hydrogen-bond donors (Lipinski definition) is 2. The van der Waals surface area contributed by atoms with Crippen molar-refractivity contribution in [3.8, 4) is 0 Å². The molecule has 286 valence electrons. The van der Waals surface area contributed by atoms with Crippen molar-refractivity contribution in [3.05, 3.63) is 35.9 Å². The Balaban J connectivity index is 2.97. The standard InChI is InChI=1S/C37H61NO12/c1-34(2,3)48-31(41)18-21-44-25-37(26-45-22-19-32(42)49-35(4,5)6,27-46-23-20-33(43)50-36(7,8)9)38-29(39)16-13-17-30(40)47-24-28-14-11-10-12-15-28/h10-12,14-15,30,40H,13,16-27H2,1-9H3,(H,38,39). The summed E-state index contributed by atoms with van der Waals surface area (Å²) in [7, 11) is 0. The summed E-state index contributed by atoms with van der Waals surface area (Å²) in [5, 5.41) is 13.3. The van der Waals surface area contributed by atoms with E-state index < -0.39 is 46.5 Å². The van der Waals surface area contributed by atoms with E-state index in [0.717, 1.165) is 5.56 Å². The first-order valence-corrected chi connectivity index (χ1v) is 17.2. The number of esters is 3. The molecule has 50 heavy (non-hydrogen) atoms. The topological polar surface area (TPSA) is 165 Å². The Morgan fingerprint density at radius 1 is 0.640 bits per heavy atom. The molecule has 0 saturated carbocycles. The summed E-state index contributed by atoms with van der Waals surface area (Å²) in [4.78, 5) is 50.1. The fraction of sp³-hybridized carbons (Fsp3) is 0.730. The lowest BCUT2D eigenvalue weighted by Gasteiger charge is -2.34. The highest BCUT2D eigenvalue weighted by Gasteiger charge is 2.34. The van der Waals surface area contributed by atoms with Crippen molar-refractivity contribution in [1.29, 1.82) is 0 Å². The number of aliphatic hydroxyl groups is 1. The van der Waals surface area contributed by atoms with E-state index in [1.54, 1.807) is 62.3 Å². The zero-order valence-corrected chi connectivity index (χ0v) is 31.6. The molecule has 13 nitrogen and oxygen atoms in total. The molecular weight excluding hydrogens is 650 g/mol. The molecular formula is C37H61NO12. The average Bonchev–Trinajstić information content (AvgIpc) is 2.96. The van der Waals surface area contributed by atoms with Gasteiger partial charge < -0.3 is 43.6 Å². The molecule has 1 amide bonds. The molecule has 1 unspecified atom stereocenters. The second kappa shape index (κ2) is 22.0. The lowest BCUT2D eigenvalue weighted by molar-refractivity contribution is -0.157. The first kappa shape index (κ1) is 44.9. The number of nitrogens with one attached hydrogen (secondary N) is 1. The largest absolute Gasteiger partial charge is 0.460 e. The monoisotopic (exact) mass is 711 g/mol. The predicted molar refractivity (Wildman–Crippen MR) is 186 cm³/mol. The molecule has 0 aliphatic carbocycles. The third kappa shape index (κ3) is 24.1. The van der Waals surface area contributed by atoms with Crippen LogP contribution in [0.4, 0.5) is 0 Å². The van der Waals surface area contributed by atoms with E-state index in [1.165, 1.54) is 0 Å². The Kier molecular flexibility index (Phi) is 19.7. The molecule has 0 spiro atoms. The molecule has 0 aromatic heterocycles. The molecule has 0 aliphatic heterocycles. The summed E-state index contributed by atoms with van der Waals surface area (Å²) in [6.45, 7) is 15.8. The van der Waals surface area contributed by atoms with Crippen LogP contribution in [0.1, 0.15) is 106 Å². The number of amides is 1. The number of carbonyl (C=O) groups is 4. The van der Waals surface area contributed by atoms with E-state index in [4.69, 9.17) is 33.2 Å². The Hall–Kier alpha value is -3.10. The van der Waals surface area contributed by atoms with Gasteiger partial charge in [0.2, 0.25) is 5.91 Å². The Labute approximate surface area is 298 Å². The smallest absolute Gasteiger partial charge is 0.308 e. The van der Waals surface area contributed by atoms with Crippen molar-refractivity contribution in [2.24, 2.45) is 0 Å².